The first-order valence-corrected chi connectivity index (χ1v) is 12.1. The molecule has 3 aromatic carbocycles. The number of nitrogens with one attached hydrogen (secondary N) is 2. The molecule has 0 unspecified atom stereocenters. The van der Waals surface area contributed by atoms with Crippen LogP contribution in [0.5, 0.6) is 5.75 Å². The maximum Gasteiger partial charge on any atom is 0.417 e. The first-order chi connectivity index (χ1) is 16.9. The maximum absolute atomic E-state index is 13.6. The lowest BCUT2D eigenvalue weighted by Gasteiger charge is -2.20. The summed E-state index contributed by atoms with van der Waals surface area (Å²) in [5.74, 6) is 0.136. The highest BCUT2D eigenvalue weighted by molar-refractivity contribution is 7.97. The average Bonchev–Trinajstić information content (AvgIpc) is 2.82. The van der Waals surface area contributed by atoms with E-state index in [9.17, 15) is 23.1 Å². The predicted molar refractivity (Wildman–Crippen MR) is 137 cm³/mol. The van der Waals surface area contributed by atoms with Gasteiger partial charge in [-0.3, -0.25) is 9.52 Å². The number of hydrogen-bond acceptors (Lipinski definition) is 5. The molecular formula is C27H29F3N2O3S. The number of carbonyl (C=O) groups excluding carboxylic acids is 1. The number of carbonyl (C=O) groups is 1. The fourth-order valence-electron chi connectivity index (χ4n) is 3.53. The van der Waals surface area contributed by atoms with E-state index in [1.807, 2.05) is 20.8 Å². The van der Waals surface area contributed by atoms with Gasteiger partial charge in [-0.25, -0.2) is 0 Å². The number of methoxy groups -OCH3 is 1. The highest BCUT2D eigenvalue weighted by Gasteiger charge is 2.33. The smallest absolute Gasteiger partial charge is 0.417 e. The lowest BCUT2D eigenvalue weighted by molar-refractivity contribution is -0.137. The van der Waals surface area contributed by atoms with Crippen molar-refractivity contribution in [2.45, 2.75) is 43.8 Å². The number of alkyl halides is 3. The van der Waals surface area contributed by atoms with Gasteiger partial charge in [0.1, 0.15) is 5.75 Å². The Kier molecular flexibility index (Phi) is 8.71. The minimum Gasteiger partial charge on any atom is -0.496 e. The molecule has 192 valence electrons. The van der Waals surface area contributed by atoms with Crippen LogP contribution in [-0.2, 0) is 12.6 Å². The Morgan fingerprint density at radius 3 is 2.36 bits per heavy atom. The normalized spacial score (nSPS) is 11.9. The zero-order valence-electron chi connectivity index (χ0n) is 20.5. The van der Waals surface area contributed by atoms with E-state index in [1.54, 1.807) is 30.3 Å². The SMILES string of the molecule is COc1cc(C(=O)Nc2ccc(-c3ccccc3C(F)(F)F)c(CCO)c2)ccc1SNC(C)(C)C. The number of rotatable bonds is 8. The molecule has 0 bridgehead atoms. The Labute approximate surface area is 213 Å². The molecule has 0 radical (unpaired) electrons. The van der Waals surface area contributed by atoms with E-state index >= 15 is 0 Å². The zero-order chi connectivity index (χ0) is 26.5. The van der Waals surface area contributed by atoms with Gasteiger partial charge in [-0.1, -0.05) is 24.3 Å². The molecule has 0 heterocycles. The molecule has 0 atom stereocenters. The van der Waals surface area contributed by atoms with Gasteiger partial charge in [-0.05, 0) is 92.2 Å². The van der Waals surface area contributed by atoms with Gasteiger partial charge >= 0.3 is 6.18 Å². The van der Waals surface area contributed by atoms with Crippen molar-refractivity contribution < 1.29 is 27.8 Å². The molecule has 0 spiro atoms. The van der Waals surface area contributed by atoms with Crippen LogP contribution < -0.4 is 14.8 Å². The first kappa shape index (κ1) is 27.6. The van der Waals surface area contributed by atoms with Crippen LogP contribution >= 0.6 is 11.9 Å². The first-order valence-electron chi connectivity index (χ1n) is 11.3. The molecule has 0 aliphatic rings. The van der Waals surface area contributed by atoms with Crippen LogP contribution in [0.3, 0.4) is 0 Å². The van der Waals surface area contributed by atoms with Crippen LogP contribution in [0.25, 0.3) is 11.1 Å². The highest BCUT2D eigenvalue weighted by atomic mass is 32.2. The summed E-state index contributed by atoms with van der Waals surface area (Å²) in [7, 11) is 1.52. The van der Waals surface area contributed by atoms with Gasteiger partial charge in [0.05, 0.1) is 17.6 Å². The lowest BCUT2D eigenvalue weighted by Crippen LogP contribution is -2.29. The summed E-state index contributed by atoms with van der Waals surface area (Å²) in [6, 6.07) is 15.1. The summed E-state index contributed by atoms with van der Waals surface area (Å²) in [6.07, 6.45) is -4.39. The summed E-state index contributed by atoms with van der Waals surface area (Å²) in [5.41, 5.74) is 0.754. The number of amides is 1. The molecule has 5 nitrogen and oxygen atoms in total. The molecule has 0 saturated heterocycles. The Bertz CT molecular complexity index is 1220. The molecule has 0 aliphatic heterocycles. The maximum atomic E-state index is 13.6. The number of benzene rings is 3. The predicted octanol–water partition coefficient (Wildman–Crippen LogP) is 6.56. The number of ether oxygens (including phenoxy) is 1. The van der Waals surface area contributed by atoms with Gasteiger partial charge in [0.15, 0.2) is 0 Å². The quantitative estimate of drug-likeness (QED) is 0.295. The van der Waals surface area contributed by atoms with E-state index < -0.39 is 17.6 Å². The van der Waals surface area contributed by atoms with E-state index in [2.05, 4.69) is 10.0 Å². The molecule has 3 N–H and O–H groups in total. The van der Waals surface area contributed by atoms with Crippen LogP contribution in [0.4, 0.5) is 18.9 Å². The molecular weight excluding hydrogens is 489 g/mol. The summed E-state index contributed by atoms with van der Waals surface area (Å²) in [5, 5.41) is 12.3. The van der Waals surface area contributed by atoms with E-state index in [0.29, 0.717) is 28.1 Å². The van der Waals surface area contributed by atoms with E-state index in [4.69, 9.17) is 4.74 Å². The Morgan fingerprint density at radius 2 is 1.72 bits per heavy atom. The van der Waals surface area contributed by atoms with Gasteiger partial charge in [-0.15, -0.1) is 0 Å². The van der Waals surface area contributed by atoms with Crippen molar-refractivity contribution in [2.24, 2.45) is 0 Å². The van der Waals surface area contributed by atoms with Gasteiger partial charge in [0, 0.05) is 23.4 Å². The molecule has 3 aromatic rings. The van der Waals surface area contributed by atoms with Crippen LogP contribution in [0.1, 0.15) is 42.3 Å². The molecule has 0 aliphatic carbocycles. The minimum atomic E-state index is -4.52. The Morgan fingerprint density at radius 1 is 1.00 bits per heavy atom. The number of anilines is 1. The third-order valence-corrected chi connectivity index (χ3v) is 6.43. The van der Waals surface area contributed by atoms with Crippen molar-refractivity contribution in [3.8, 4) is 16.9 Å². The monoisotopic (exact) mass is 518 g/mol. The number of hydrogen-bond donors (Lipinski definition) is 3. The van der Waals surface area contributed by atoms with E-state index in [0.717, 1.165) is 11.0 Å². The van der Waals surface area contributed by atoms with Gasteiger partial charge in [0.25, 0.3) is 5.91 Å². The Hall–Kier alpha value is -3.01. The number of aliphatic hydroxyl groups excluding tert-OH is 1. The molecule has 9 heteroatoms. The molecule has 0 aromatic heterocycles. The highest BCUT2D eigenvalue weighted by Crippen LogP contribution is 2.39. The molecule has 3 rings (SSSR count). The summed E-state index contributed by atoms with van der Waals surface area (Å²) in [4.78, 5) is 13.8. The standard InChI is InChI=1S/C27H29F3N2O3S/c1-26(2,3)32-36-24-12-9-18(16-23(24)35-4)25(34)31-19-10-11-20(17(15-19)13-14-33)21-7-5-6-8-22(21)27(28,29)30/h5-12,15-16,32-33H,13-14H2,1-4H3,(H,31,34). The van der Waals surface area contributed by atoms with Crippen LogP contribution in [0, 0.1) is 0 Å². The number of halogens is 3. The molecule has 0 saturated carbocycles. The third-order valence-electron chi connectivity index (χ3n) is 5.16. The third kappa shape index (κ3) is 7.02. The van der Waals surface area contributed by atoms with Crippen molar-refractivity contribution in [1.82, 2.24) is 4.72 Å². The second kappa shape index (κ2) is 11.4. The molecule has 1 amide bonds. The van der Waals surface area contributed by atoms with Crippen molar-refractivity contribution in [3.05, 3.63) is 77.4 Å². The fraction of sp³-hybridized carbons (Fsp3) is 0.296. The van der Waals surface area contributed by atoms with Crippen LogP contribution in [0.2, 0.25) is 0 Å². The topological polar surface area (TPSA) is 70.6 Å². The second-order valence-corrected chi connectivity index (χ2v) is 10.0. The van der Waals surface area contributed by atoms with Crippen molar-refractivity contribution in [1.29, 1.82) is 0 Å². The molecule has 0 fully saturated rings. The minimum absolute atomic E-state index is 0.0213. The summed E-state index contributed by atoms with van der Waals surface area (Å²) < 4.78 is 49.4. The Balaban J connectivity index is 1.87. The van der Waals surface area contributed by atoms with Gasteiger partial charge < -0.3 is 15.2 Å². The van der Waals surface area contributed by atoms with Crippen molar-refractivity contribution in [2.75, 3.05) is 19.0 Å². The molecule has 36 heavy (non-hydrogen) atoms. The largest absolute Gasteiger partial charge is 0.496 e. The van der Waals surface area contributed by atoms with Crippen molar-refractivity contribution >= 4 is 23.5 Å². The van der Waals surface area contributed by atoms with E-state index in [-0.39, 0.29) is 24.1 Å². The summed E-state index contributed by atoms with van der Waals surface area (Å²) >= 11 is 1.40. The average molecular weight is 519 g/mol. The zero-order valence-corrected chi connectivity index (χ0v) is 21.3. The van der Waals surface area contributed by atoms with E-state index in [1.165, 1.54) is 43.3 Å². The van der Waals surface area contributed by atoms with Gasteiger partial charge in [-0.2, -0.15) is 13.2 Å². The van der Waals surface area contributed by atoms with Gasteiger partial charge in [0.2, 0.25) is 0 Å². The fourth-order valence-corrected chi connectivity index (χ4v) is 4.33. The van der Waals surface area contributed by atoms with Crippen molar-refractivity contribution in [3.63, 3.8) is 0 Å². The lowest BCUT2D eigenvalue weighted by atomic mass is 9.93. The second-order valence-electron chi connectivity index (χ2n) is 9.16. The number of aliphatic hydroxyl groups is 1. The summed E-state index contributed by atoms with van der Waals surface area (Å²) in [6.45, 7) is 5.85. The van der Waals surface area contributed by atoms with Crippen LogP contribution in [-0.4, -0.2) is 30.3 Å². The van der Waals surface area contributed by atoms with Crippen LogP contribution in [0.15, 0.2) is 65.6 Å².